The van der Waals surface area contributed by atoms with Gasteiger partial charge in [-0.05, 0) is 24.6 Å². The maximum absolute atomic E-state index is 12.6. The molecule has 2 heterocycles. The van der Waals surface area contributed by atoms with Gasteiger partial charge in [-0.25, -0.2) is 9.59 Å². The number of benzene rings is 1. The zero-order valence-electron chi connectivity index (χ0n) is 18.7. The van der Waals surface area contributed by atoms with Gasteiger partial charge in [0.05, 0.1) is 24.0 Å². The Morgan fingerprint density at radius 2 is 1.86 bits per heavy atom. The quantitative estimate of drug-likeness (QED) is 0.273. The summed E-state index contributed by atoms with van der Waals surface area (Å²) in [5, 5.41) is 59.0. The molecule has 10 atom stereocenters. The van der Waals surface area contributed by atoms with Gasteiger partial charge in [-0.1, -0.05) is 13.0 Å². The molecule has 0 amide bonds. The van der Waals surface area contributed by atoms with Crippen LogP contribution in [0.1, 0.15) is 23.7 Å². The molecule has 2 fully saturated rings. The normalized spacial score (nSPS) is 38.7. The van der Waals surface area contributed by atoms with E-state index in [0.29, 0.717) is 0 Å². The highest BCUT2D eigenvalue weighted by Crippen LogP contribution is 2.48. The molecule has 2 aliphatic heterocycles. The summed E-state index contributed by atoms with van der Waals surface area (Å²) in [4.78, 5) is 24.5. The molecule has 0 unspecified atom stereocenters. The predicted molar refractivity (Wildman–Crippen MR) is 114 cm³/mol. The molecule has 1 saturated carbocycles. The molecule has 0 radical (unpaired) electrons. The summed E-state index contributed by atoms with van der Waals surface area (Å²) in [6.45, 7) is 1.10. The number of aromatic hydroxyl groups is 1. The first-order valence-corrected chi connectivity index (χ1v) is 11.2. The first-order chi connectivity index (χ1) is 16.6. The fourth-order valence-electron chi connectivity index (χ4n) is 4.96. The SMILES string of the molecule is C[C@@H]1[C@H]2[C@@H](O[C@H]3O[C@@H](CO)[C@H](O)[C@H](O)[C@@H]3O)OC=C(C(=O)O)[C@H]2C[C@@H]1OC(=O)c1cccc(O)c1. The van der Waals surface area contributed by atoms with Gasteiger partial charge in [0.1, 0.15) is 36.3 Å². The number of phenols is 1. The Labute approximate surface area is 199 Å². The minimum Gasteiger partial charge on any atom is -0.508 e. The number of aliphatic hydroxyl groups excluding tert-OH is 4. The molecular formula is C23H28O12. The van der Waals surface area contributed by atoms with Crippen LogP contribution in [-0.2, 0) is 23.7 Å². The van der Waals surface area contributed by atoms with E-state index in [0.717, 1.165) is 6.26 Å². The summed E-state index contributed by atoms with van der Waals surface area (Å²) in [6, 6.07) is 5.64. The molecule has 3 aliphatic rings. The number of rotatable bonds is 6. The van der Waals surface area contributed by atoms with Crippen molar-refractivity contribution in [3.05, 3.63) is 41.7 Å². The summed E-state index contributed by atoms with van der Waals surface area (Å²) >= 11 is 0. The predicted octanol–water partition coefficient (Wildman–Crippen LogP) is -0.669. The highest BCUT2D eigenvalue weighted by Gasteiger charge is 2.54. The second kappa shape index (κ2) is 10.1. The molecule has 12 heteroatoms. The molecule has 192 valence electrons. The van der Waals surface area contributed by atoms with E-state index >= 15 is 0 Å². The van der Waals surface area contributed by atoms with Crippen LogP contribution in [0, 0.1) is 17.8 Å². The summed E-state index contributed by atoms with van der Waals surface area (Å²) in [5.74, 6) is -3.74. The topological polar surface area (TPSA) is 192 Å². The number of carbonyl (C=O) groups is 2. The van der Waals surface area contributed by atoms with Crippen LogP contribution >= 0.6 is 0 Å². The van der Waals surface area contributed by atoms with E-state index in [9.17, 15) is 40.2 Å². The van der Waals surface area contributed by atoms with E-state index in [1.807, 2.05) is 0 Å². The monoisotopic (exact) mass is 496 g/mol. The molecular weight excluding hydrogens is 468 g/mol. The number of aliphatic hydroxyl groups is 4. The van der Waals surface area contributed by atoms with Crippen LogP contribution in [0.25, 0.3) is 0 Å². The number of carboxylic acids is 1. The largest absolute Gasteiger partial charge is 0.508 e. The van der Waals surface area contributed by atoms with Crippen molar-refractivity contribution in [2.45, 2.75) is 56.4 Å². The first-order valence-electron chi connectivity index (χ1n) is 11.2. The van der Waals surface area contributed by atoms with E-state index < -0.39 is 79.4 Å². The number of carboxylic acid groups (broad SMARTS) is 1. The van der Waals surface area contributed by atoms with Crippen LogP contribution in [0.3, 0.4) is 0 Å². The highest BCUT2D eigenvalue weighted by atomic mass is 16.8. The van der Waals surface area contributed by atoms with Crippen LogP contribution in [0.4, 0.5) is 0 Å². The number of hydrogen-bond acceptors (Lipinski definition) is 11. The molecule has 0 aromatic heterocycles. The Balaban J connectivity index is 1.54. The number of esters is 1. The third-order valence-electron chi connectivity index (χ3n) is 6.89. The number of phenolic OH excluding ortho intramolecular Hbond substituents is 1. The smallest absolute Gasteiger partial charge is 0.338 e. The van der Waals surface area contributed by atoms with Gasteiger partial charge in [-0.2, -0.15) is 0 Å². The van der Waals surface area contributed by atoms with Crippen LogP contribution in [-0.4, -0.2) is 92.3 Å². The summed E-state index contributed by atoms with van der Waals surface area (Å²) in [6.07, 6.45) is -8.26. The van der Waals surface area contributed by atoms with Crippen LogP contribution in [0.15, 0.2) is 36.1 Å². The maximum atomic E-state index is 12.6. The van der Waals surface area contributed by atoms with Crippen molar-refractivity contribution in [3.8, 4) is 5.75 Å². The zero-order chi connectivity index (χ0) is 25.4. The molecule has 0 bridgehead atoms. The molecule has 1 aromatic rings. The van der Waals surface area contributed by atoms with Gasteiger partial charge in [0.15, 0.2) is 6.29 Å². The molecule has 1 saturated heterocycles. The van der Waals surface area contributed by atoms with Gasteiger partial charge in [0.2, 0.25) is 6.29 Å². The average molecular weight is 496 g/mol. The van der Waals surface area contributed by atoms with Gasteiger partial charge < -0.3 is 49.6 Å². The fraction of sp³-hybridized carbons (Fsp3) is 0.565. The van der Waals surface area contributed by atoms with E-state index in [2.05, 4.69) is 0 Å². The van der Waals surface area contributed by atoms with E-state index in [-0.39, 0.29) is 23.3 Å². The number of aliphatic carboxylic acids is 1. The lowest BCUT2D eigenvalue weighted by molar-refractivity contribution is -0.342. The first kappa shape index (κ1) is 25.4. The highest BCUT2D eigenvalue weighted by molar-refractivity contribution is 5.90. The standard InChI is InChI=1S/C23H28O12/c1-9-14(33-21(31)10-3-2-4-11(25)5-10)6-12-13(20(29)30)8-32-22(16(9)12)35-23-19(28)18(27)17(26)15(7-24)34-23/h2-5,8-9,12,14-19,22-28H,6-7H2,1H3,(H,29,30)/t9-,12+,14-,15-,16+,17-,18-,19-,22+,23+/m0/s1. The average Bonchev–Trinajstić information content (AvgIpc) is 3.15. The molecule has 12 nitrogen and oxygen atoms in total. The molecule has 1 aromatic carbocycles. The third-order valence-corrected chi connectivity index (χ3v) is 6.89. The molecule has 6 N–H and O–H groups in total. The van der Waals surface area contributed by atoms with Gasteiger partial charge in [-0.3, -0.25) is 0 Å². The van der Waals surface area contributed by atoms with Crippen LogP contribution < -0.4 is 0 Å². The third kappa shape index (κ3) is 4.85. The Kier molecular flexibility index (Phi) is 7.31. The van der Waals surface area contributed by atoms with E-state index in [4.69, 9.17) is 18.9 Å². The second-order valence-electron chi connectivity index (χ2n) is 8.99. The summed E-state index contributed by atoms with van der Waals surface area (Å²) in [5.41, 5.74) is 0.0952. The lowest BCUT2D eigenvalue weighted by Gasteiger charge is -2.43. The van der Waals surface area contributed by atoms with Gasteiger partial charge in [-0.15, -0.1) is 0 Å². The van der Waals surface area contributed by atoms with Gasteiger partial charge >= 0.3 is 11.9 Å². The minimum absolute atomic E-state index is 0.0357. The molecule has 4 rings (SSSR count). The van der Waals surface area contributed by atoms with E-state index in [1.165, 1.54) is 24.3 Å². The van der Waals surface area contributed by atoms with E-state index in [1.54, 1.807) is 6.92 Å². The van der Waals surface area contributed by atoms with Crippen molar-refractivity contribution >= 4 is 11.9 Å². The Morgan fingerprint density at radius 1 is 1.11 bits per heavy atom. The Bertz CT molecular complexity index is 977. The minimum atomic E-state index is -1.67. The number of ether oxygens (including phenoxy) is 4. The number of hydrogen-bond donors (Lipinski definition) is 6. The van der Waals surface area contributed by atoms with Crippen molar-refractivity contribution in [1.82, 2.24) is 0 Å². The second-order valence-corrected chi connectivity index (χ2v) is 8.99. The Morgan fingerprint density at radius 3 is 2.51 bits per heavy atom. The van der Waals surface area contributed by atoms with Gasteiger partial charge in [0.25, 0.3) is 0 Å². The molecule has 0 spiro atoms. The number of fused-ring (bicyclic) bond motifs is 1. The molecule has 1 aliphatic carbocycles. The zero-order valence-corrected chi connectivity index (χ0v) is 18.7. The van der Waals surface area contributed by atoms with Crippen molar-refractivity contribution < 1.29 is 59.2 Å². The van der Waals surface area contributed by atoms with Crippen LogP contribution in [0.2, 0.25) is 0 Å². The van der Waals surface area contributed by atoms with Crippen molar-refractivity contribution in [1.29, 1.82) is 0 Å². The molecule has 35 heavy (non-hydrogen) atoms. The summed E-state index contributed by atoms with van der Waals surface area (Å²) in [7, 11) is 0. The Hall–Kier alpha value is -2.74. The van der Waals surface area contributed by atoms with Crippen LogP contribution in [0.5, 0.6) is 5.75 Å². The van der Waals surface area contributed by atoms with Crippen molar-refractivity contribution in [2.24, 2.45) is 17.8 Å². The van der Waals surface area contributed by atoms with Crippen molar-refractivity contribution in [2.75, 3.05) is 6.61 Å². The van der Waals surface area contributed by atoms with Crippen molar-refractivity contribution in [3.63, 3.8) is 0 Å². The lowest BCUT2D eigenvalue weighted by Crippen LogP contribution is -2.60. The maximum Gasteiger partial charge on any atom is 0.338 e. The van der Waals surface area contributed by atoms with Gasteiger partial charge in [0, 0.05) is 17.8 Å². The summed E-state index contributed by atoms with van der Waals surface area (Å²) < 4.78 is 22.3. The lowest BCUT2D eigenvalue weighted by atomic mass is 9.83. The number of carbonyl (C=O) groups excluding carboxylic acids is 1. The fourth-order valence-corrected chi connectivity index (χ4v) is 4.96.